The molecule has 2 aromatic carbocycles. The summed E-state index contributed by atoms with van der Waals surface area (Å²) >= 11 is 3.22. The molecule has 5 nitrogen and oxygen atoms in total. The number of nitrogens with zero attached hydrogens (tertiary/aromatic N) is 1. The monoisotopic (exact) mass is 366 g/mol. The van der Waals surface area contributed by atoms with Gasteiger partial charge in [-0.2, -0.15) is 0 Å². The first-order valence-corrected chi connectivity index (χ1v) is 8.72. The summed E-state index contributed by atoms with van der Waals surface area (Å²) in [5, 5.41) is 9.72. The average Bonchev–Trinajstić information content (AvgIpc) is 2.83. The number of hydrogen-bond donors (Lipinski definition) is 2. The highest BCUT2D eigenvalue weighted by Crippen LogP contribution is 2.29. The van der Waals surface area contributed by atoms with Crippen LogP contribution in [0, 0.1) is 0 Å². The first-order valence-electron chi connectivity index (χ1n) is 6.03. The predicted octanol–water partition coefficient (Wildman–Crippen LogP) is 3.10. The molecule has 0 aliphatic heterocycles. The van der Waals surface area contributed by atoms with Gasteiger partial charge in [-0.3, -0.25) is 0 Å². The Morgan fingerprint density at radius 1 is 1.19 bits per heavy atom. The number of fused-ring (bicyclic) bond motifs is 1. The molecule has 0 radical (unpaired) electrons. The molecule has 0 saturated carbocycles. The van der Waals surface area contributed by atoms with E-state index in [1.165, 1.54) is 6.07 Å². The Bertz CT molecular complexity index is 948. The quantitative estimate of drug-likeness (QED) is 0.729. The number of aromatic hydroxyl groups is 1. The number of phenolic OH excluding ortho intramolecular Hbond substituents is 1. The van der Waals surface area contributed by atoms with E-state index in [1.54, 1.807) is 30.3 Å². The first-order chi connectivity index (χ1) is 9.84. The highest BCUT2D eigenvalue weighted by molar-refractivity contribution is 9.10. The maximum absolute atomic E-state index is 11.6. The lowest BCUT2D eigenvalue weighted by molar-refractivity contribution is 0.472. The minimum Gasteiger partial charge on any atom is -0.507 e. The SMILES string of the molecule is CS(=O)(=O)c1ccc2nc(-c3ccc(Br)c(O)c3)[nH]c2c1. The summed E-state index contributed by atoms with van der Waals surface area (Å²) in [4.78, 5) is 7.71. The fraction of sp³-hybridized carbons (Fsp3) is 0.0714. The Labute approximate surface area is 129 Å². The molecule has 0 aliphatic carbocycles. The van der Waals surface area contributed by atoms with Crippen LogP contribution in [0.4, 0.5) is 0 Å². The summed E-state index contributed by atoms with van der Waals surface area (Å²) in [5.41, 5.74) is 2.02. The zero-order chi connectivity index (χ0) is 15.2. The van der Waals surface area contributed by atoms with Gasteiger partial charge in [0.1, 0.15) is 11.6 Å². The van der Waals surface area contributed by atoms with Gasteiger partial charge >= 0.3 is 0 Å². The van der Waals surface area contributed by atoms with E-state index in [0.29, 0.717) is 26.9 Å². The molecule has 0 aliphatic rings. The summed E-state index contributed by atoms with van der Waals surface area (Å²) < 4.78 is 23.7. The summed E-state index contributed by atoms with van der Waals surface area (Å²) in [5.74, 6) is 0.684. The van der Waals surface area contributed by atoms with Crippen LogP contribution in [0.15, 0.2) is 45.8 Å². The van der Waals surface area contributed by atoms with Crippen molar-refractivity contribution < 1.29 is 13.5 Å². The topological polar surface area (TPSA) is 83.1 Å². The van der Waals surface area contributed by atoms with E-state index < -0.39 is 9.84 Å². The maximum Gasteiger partial charge on any atom is 0.175 e. The van der Waals surface area contributed by atoms with Crippen molar-refractivity contribution in [2.24, 2.45) is 0 Å². The highest BCUT2D eigenvalue weighted by Gasteiger charge is 2.11. The molecule has 0 unspecified atom stereocenters. The molecular weight excluding hydrogens is 356 g/mol. The van der Waals surface area contributed by atoms with E-state index in [9.17, 15) is 13.5 Å². The number of benzene rings is 2. The van der Waals surface area contributed by atoms with Gasteiger partial charge in [0, 0.05) is 11.8 Å². The molecule has 21 heavy (non-hydrogen) atoms. The van der Waals surface area contributed by atoms with Crippen molar-refractivity contribution >= 4 is 36.8 Å². The van der Waals surface area contributed by atoms with Crippen molar-refractivity contribution in [3.63, 3.8) is 0 Å². The Morgan fingerprint density at radius 2 is 1.95 bits per heavy atom. The third kappa shape index (κ3) is 2.66. The van der Waals surface area contributed by atoms with Crippen molar-refractivity contribution in [1.29, 1.82) is 0 Å². The minimum absolute atomic E-state index is 0.116. The Hall–Kier alpha value is -1.86. The number of nitrogens with one attached hydrogen (secondary N) is 1. The molecule has 0 spiro atoms. The second-order valence-electron chi connectivity index (χ2n) is 4.70. The Balaban J connectivity index is 2.14. The molecule has 7 heteroatoms. The molecule has 0 bridgehead atoms. The van der Waals surface area contributed by atoms with Crippen molar-refractivity contribution in [2.75, 3.05) is 6.26 Å². The summed E-state index contributed by atoms with van der Waals surface area (Å²) in [6, 6.07) is 9.85. The summed E-state index contributed by atoms with van der Waals surface area (Å²) in [6.07, 6.45) is 1.16. The Kier molecular flexibility index (Phi) is 3.26. The van der Waals surface area contributed by atoms with Crippen LogP contribution in [0.25, 0.3) is 22.4 Å². The van der Waals surface area contributed by atoms with Gasteiger partial charge in [-0.1, -0.05) is 0 Å². The van der Waals surface area contributed by atoms with E-state index in [0.717, 1.165) is 6.26 Å². The molecule has 3 aromatic rings. The van der Waals surface area contributed by atoms with Crippen LogP contribution >= 0.6 is 15.9 Å². The van der Waals surface area contributed by atoms with Gasteiger partial charge in [-0.15, -0.1) is 0 Å². The zero-order valence-electron chi connectivity index (χ0n) is 11.0. The molecule has 0 fully saturated rings. The number of hydrogen-bond acceptors (Lipinski definition) is 4. The van der Waals surface area contributed by atoms with Crippen molar-refractivity contribution in [1.82, 2.24) is 9.97 Å². The van der Waals surface area contributed by atoms with E-state index in [2.05, 4.69) is 25.9 Å². The number of aromatic amines is 1. The van der Waals surface area contributed by atoms with Crippen molar-refractivity contribution in [3.05, 3.63) is 40.9 Å². The van der Waals surface area contributed by atoms with Gasteiger partial charge in [0.05, 0.1) is 20.4 Å². The molecule has 0 atom stereocenters. The fourth-order valence-electron chi connectivity index (χ4n) is 2.02. The van der Waals surface area contributed by atoms with Crippen molar-refractivity contribution in [3.8, 4) is 17.1 Å². The molecule has 3 rings (SSSR count). The standard InChI is InChI=1S/C14H11BrN2O3S/c1-21(19,20)9-3-5-11-12(7-9)17-14(16-11)8-2-4-10(15)13(18)6-8/h2-7,18H,1H3,(H,16,17). The van der Waals surface area contributed by atoms with E-state index in [-0.39, 0.29) is 10.6 Å². The van der Waals surface area contributed by atoms with Gasteiger partial charge < -0.3 is 10.1 Å². The van der Waals surface area contributed by atoms with Crippen LogP contribution in [-0.2, 0) is 9.84 Å². The molecule has 0 saturated heterocycles. The smallest absolute Gasteiger partial charge is 0.175 e. The average molecular weight is 367 g/mol. The largest absolute Gasteiger partial charge is 0.507 e. The van der Waals surface area contributed by atoms with E-state index >= 15 is 0 Å². The molecule has 1 heterocycles. The maximum atomic E-state index is 11.6. The molecule has 1 aromatic heterocycles. The first kappa shape index (κ1) is 14.1. The van der Waals surface area contributed by atoms with Gasteiger partial charge in [-0.25, -0.2) is 13.4 Å². The molecule has 0 amide bonds. The lowest BCUT2D eigenvalue weighted by Crippen LogP contribution is -1.96. The van der Waals surface area contributed by atoms with Gasteiger partial charge in [0.25, 0.3) is 0 Å². The summed E-state index contributed by atoms with van der Waals surface area (Å²) in [6.45, 7) is 0. The second kappa shape index (κ2) is 4.85. The van der Waals surface area contributed by atoms with Gasteiger partial charge in [0.2, 0.25) is 0 Å². The van der Waals surface area contributed by atoms with Crippen LogP contribution in [0.1, 0.15) is 0 Å². The van der Waals surface area contributed by atoms with Crippen LogP contribution in [0.2, 0.25) is 0 Å². The number of sulfone groups is 1. The number of imidazole rings is 1. The third-order valence-electron chi connectivity index (χ3n) is 3.10. The number of aromatic nitrogens is 2. The highest BCUT2D eigenvalue weighted by atomic mass is 79.9. The van der Waals surface area contributed by atoms with Crippen LogP contribution in [0.5, 0.6) is 5.75 Å². The van der Waals surface area contributed by atoms with E-state index in [1.807, 2.05) is 0 Å². The summed E-state index contributed by atoms with van der Waals surface area (Å²) in [7, 11) is -3.26. The minimum atomic E-state index is -3.26. The fourth-order valence-corrected chi connectivity index (χ4v) is 2.91. The lowest BCUT2D eigenvalue weighted by atomic mass is 10.2. The van der Waals surface area contributed by atoms with Gasteiger partial charge in [-0.05, 0) is 52.3 Å². The predicted molar refractivity (Wildman–Crippen MR) is 84.0 cm³/mol. The third-order valence-corrected chi connectivity index (χ3v) is 4.88. The van der Waals surface area contributed by atoms with Crippen LogP contribution < -0.4 is 0 Å². The molecular formula is C14H11BrN2O3S. The number of phenols is 1. The molecule has 108 valence electrons. The normalized spacial score (nSPS) is 11.9. The van der Waals surface area contributed by atoms with Gasteiger partial charge in [0.15, 0.2) is 9.84 Å². The number of H-pyrrole nitrogens is 1. The number of halogens is 1. The van der Waals surface area contributed by atoms with Crippen LogP contribution in [0.3, 0.4) is 0 Å². The second-order valence-corrected chi connectivity index (χ2v) is 7.57. The zero-order valence-corrected chi connectivity index (χ0v) is 13.4. The molecule has 2 N–H and O–H groups in total. The lowest BCUT2D eigenvalue weighted by Gasteiger charge is -1.99. The number of rotatable bonds is 2. The van der Waals surface area contributed by atoms with Crippen molar-refractivity contribution in [2.45, 2.75) is 4.90 Å². The Morgan fingerprint density at radius 3 is 2.62 bits per heavy atom. The van der Waals surface area contributed by atoms with Crippen LogP contribution in [-0.4, -0.2) is 29.7 Å². The van der Waals surface area contributed by atoms with E-state index in [4.69, 9.17) is 0 Å².